The molecule has 0 unspecified atom stereocenters. The lowest BCUT2D eigenvalue weighted by atomic mass is 10.2. The summed E-state index contributed by atoms with van der Waals surface area (Å²) in [5.74, 6) is 1.13. The number of carbonyl (C=O) groups is 1. The summed E-state index contributed by atoms with van der Waals surface area (Å²) in [5.41, 5.74) is 2.03. The Morgan fingerprint density at radius 2 is 1.68 bits per heavy atom. The monoisotopic (exact) mass is 353 g/mol. The Labute approximate surface area is 150 Å². The Hall–Kier alpha value is -3.05. The second kappa shape index (κ2) is 7.68. The molecule has 2 N–H and O–H groups in total. The SMILES string of the molecule is COc1ccc(Nc2cc(C(=O)Nc3ccc(Cl)cc3)ccn2)cc1. The molecule has 2 aromatic carbocycles. The number of nitrogens with one attached hydrogen (secondary N) is 2. The molecule has 0 radical (unpaired) electrons. The molecule has 0 aliphatic carbocycles. The van der Waals surface area contributed by atoms with Crippen LogP contribution >= 0.6 is 11.6 Å². The lowest BCUT2D eigenvalue weighted by Crippen LogP contribution is -2.12. The van der Waals surface area contributed by atoms with Gasteiger partial charge in [-0.25, -0.2) is 4.98 Å². The molecule has 0 fully saturated rings. The first-order chi connectivity index (χ1) is 12.1. The number of hydrogen-bond acceptors (Lipinski definition) is 4. The van der Waals surface area contributed by atoms with Crippen molar-refractivity contribution in [3.8, 4) is 5.75 Å². The molecule has 5 nitrogen and oxygen atoms in total. The molecule has 0 spiro atoms. The van der Waals surface area contributed by atoms with Crippen LogP contribution in [0.25, 0.3) is 0 Å². The van der Waals surface area contributed by atoms with Crippen LogP contribution in [-0.4, -0.2) is 18.0 Å². The number of benzene rings is 2. The van der Waals surface area contributed by atoms with Crippen molar-refractivity contribution in [3.05, 3.63) is 77.4 Å². The van der Waals surface area contributed by atoms with E-state index in [1.54, 1.807) is 49.7 Å². The van der Waals surface area contributed by atoms with Gasteiger partial charge in [0, 0.05) is 28.2 Å². The van der Waals surface area contributed by atoms with E-state index >= 15 is 0 Å². The summed E-state index contributed by atoms with van der Waals surface area (Å²) >= 11 is 5.84. The maximum Gasteiger partial charge on any atom is 0.255 e. The number of nitrogens with zero attached hydrogens (tertiary/aromatic N) is 1. The summed E-state index contributed by atoms with van der Waals surface area (Å²) in [5, 5.41) is 6.60. The van der Waals surface area contributed by atoms with Gasteiger partial charge in [0.05, 0.1) is 7.11 Å². The van der Waals surface area contributed by atoms with Crippen LogP contribution < -0.4 is 15.4 Å². The maximum absolute atomic E-state index is 12.4. The molecule has 126 valence electrons. The van der Waals surface area contributed by atoms with Crippen molar-refractivity contribution < 1.29 is 9.53 Å². The predicted molar refractivity (Wildman–Crippen MR) is 99.9 cm³/mol. The summed E-state index contributed by atoms with van der Waals surface area (Å²) < 4.78 is 5.13. The minimum Gasteiger partial charge on any atom is -0.497 e. The minimum absolute atomic E-state index is 0.220. The minimum atomic E-state index is -0.220. The molecule has 0 saturated heterocycles. The third kappa shape index (κ3) is 4.49. The van der Waals surface area contributed by atoms with E-state index in [1.807, 2.05) is 24.3 Å². The Bertz CT molecular complexity index is 865. The van der Waals surface area contributed by atoms with Gasteiger partial charge in [-0.15, -0.1) is 0 Å². The van der Waals surface area contributed by atoms with Crippen molar-refractivity contribution in [2.24, 2.45) is 0 Å². The first-order valence-electron chi connectivity index (χ1n) is 7.58. The van der Waals surface area contributed by atoms with Gasteiger partial charge in [-0.1, -0.05) is 11.6 Å². The topological polar surface area (TPSA) is 63.2 Å². The number of pyridine rings is 1. The third-order valence-electron chi connectivity index (χ3n) is 3.49. The van der Waals surface area contributed by atoms with Crippen molar-refractivity contribution in [2.45, 2.75) is 0 Å². The van der Waals surface area contributed by atoms with E-state index in [2.05, 4.69) is 15.6 Å². The molecule has 6 heteroatoms. The summed E-state index contributed by atoms with van der Waals surface area (Å²) in [6, 6.07) is 17.7. The number of aromatic nitrogens is 1. The van der Waals surface area contributed by atoms with E-state index < -0.39 is 0 Å². The predicted octanol–water partition coefficient (Wildman–Crippen LogP) is 4.74. The van der Waals surface area contributed by atoms with Gasteiger partial charge in [0.15, 0.2) is 0 Å². The highest BCUT2D eigenvalue weighted by Crippen LogP contribution is 2.20. The van der Waals surface area contributed by atoms with Gasteiger partial charge in [0.25, 0.3) is 5.91 Å². The zero-order chi connectivity index (χ0) is 17.6. The van der Waals surface area contributed by atoms with Crippen LogP contribution in [0, 0.1) is 0 Å². The van der Waals surface area contributed by atoms with Crippen LogP contribution in [0.2, 0.25) is 5.02 Å². The van der Waals surface area contributed by atoms with E-state index in [0.717, 1.165) is 11.4 Å². The highest BCUT2D eigenvalue weighted by Gasteiger charge is 2.08. The summed E-state index contributed by atoms with van der Waals surface area (Å²) in [4.78, 5) is 16.6. The molecule has 1 aromatic heterocycles. The summed E-state index contributed by atoms with van der Waals surface area (Å²) in [7, 11) is 1.62. The van der Waals surface area contributed by atoms with Crippen molar-refractivity contribution in [2.75, 3.05) is 17.7 Å². The van der Waals surface area contributed by atoms with Crippen LogP contribution in [0.5, 0.6) is 5.75 Å². The number of methoxy groups -OCH3 is 1. The molecule has 1 amide bonds. The number of carbonyl (C=O) groups excluding carboxylic acids is 1. The maximum atomic E-state index is 12.4. The average Bonchev–Trinajstić information content (AvgIpc) is 2.64. The molecular formula is C19H16ClN3O2. The van der Waals surface area contributed by atoms with Gasteiger partial charge in [0.2, 0.25) is 0 Å². The standard InChI is InChI=1S/C19H16ClN3O2/c1-25-17-8-6-15(7-9-17)22-18-12-13(10-11-21-18)19(24)23-16-4-2-14(20)3-5-16/h2-12H,1H3,(H,21,22)(H,23,24). The molecule has 0 bridgehead atoms. The highest BCUT2D eigenvalue weighted by molar-refractivity contribution is 6.30. The zero-order valence-corrected chi connectivity index (χ0v) is 14.2. The lowest BCUT2D eigenvalue weighted by Gasteiger charge is -2.09. The van der Waals surface area contributed by atoms with Gasteiger partial charge in [0.1, 0.15) is 11.6 Å². The molecular weight excluding hydrogens is 338 g/mol. The fourth-order valence-corrected chi connectivity index (χ4v) is 2.32. The van der Waals surface area contributed by atoms with E-state index in [1.165, 1.54) is 0 Å². The third-order valence-corrected chi connectivity index (χ3v) is 3.74. The fourth-order valence-electron chi connectivity index (χ4n) is 2.20. The van der Waals surface area contributed by atoms with Crippen molar-refractivity contribution in [1.82, 2.24) is 4.98 Å². The first kappa shape index (κ1) is 16.8. The van der Waals surface area contributed by atoms with Gasteiger partial charge in [-0.3, -0.25) is 4.79 Å². The zero-order valence-electron chi connectivity index (χ0n) is 13.5. The van der Waals surface area contributed by atoms with Crippen LogP contribution in [0.1, 0.15) is 10.4 Å². The molecule has 1 heterocycles. The normalized spacial score (nSPS) is 10.2. The summed E-state index contributed by atoms with van der Waals surface area (Å²) in [6.07, 6.45) is 1.59. The van der Waals surface area contributed by atoms with E-state index in [4.69, 9.17) is 16.3 Å². The Kier molecular flexibility index (Phi) is 5.16. The Balaban J connectivity index is 1.71. The number of hydrogen-bond donors (Lipinski definition) is 2. The van der Waals surface area contributed by atoms with E-state index in [9.17, 15) is 4.79 Å². The van der Waals surface area contributed by atoms with Crippen molar-refractivity contribution in [3.63, 3.8) is 0 Å². The number of ether oxygens (including phenoxy) is 1. The fraction of sp³-hybridized carbons (Fsp3) is 0.0526. The van der Waals surface area contributed by atoms with E-state index in [0.29, 0.717) is 22.1 Å². The number of anilines is 3. The van der Waals surface area contributed by atoms with Crippen molar-refractivity contribution >= 4 is 34.7 Å². The van der Waals surface area contributed by atoms with Crippen LogP contribution in [0.15, 0.2) is 66.9 Å². The number of rotatable bonds is 5. The largest absolute Gasteiger partial charge is 0.497 e. The highest BCUT2D eigenvalue weighted by atomic mass is 35.5. The van der Waals surface area contributed by atoms with Gasteiger partial charge >= 0.3 is 0 Å². The molecule has 0 aliphatic rings. The molecule has 0 atom stereocenters. The Morgan fingerprint density at radius 1 is 1.00 bits per heavy atom. The smallest absolute Gasteiger partial charge is 0.255 e. The number of amides is 1. The second-order valence-corrected chi connectivity index (χ2v) is 5.68. The summed E-state index contributed by atoms with van der Waals surface area (Å²) in [6.45, 7) is 0. The Morgan fingerprint density at radius 3 is 2.36 bits per heavy atom. The van der Waals surface area contributed by atoms with Crippen molar-refractivity contribution in [1.29, 1.82) is 0 Å². The average molecular weight is 354 g/mol. The van der Waals surface area contributed by atoms with E-state index in [-0.39, 0.29) is 5.91 Å². The molecule has 3 aromatic rings. The number of halogens is 1. The van der Waals surface area contributed by atoms with Crippen LogP contribution in [-0.2, 0) is 0 Å². The molecule has 0 saturated carbocycles. The van der Waals surface area contributed by atoms with Gasteiger partial charge < -0.3 is 15.4 Å². The quantitative estimate of drug-likeness (QED) is 0.695. The van der Waals surface area contributed by atoms with Gasteiger partial charge in [-0.2, -0.15) is 0 Å². The molecule has 0 aliphatic heterocycles. The van der Waals surface area contributed by atoms with Crippen LogP contribution in [0.3, 0.4) is 0 Å². The van der Waals surface area contributed by atoms with Gasteiger partial charge in [-0.05, 0) is 60.7 Å². The van der Waals surface area contributed by atoms with Crippen LogP contribution in [0.4, 0.5) is 17.2 Å². The molecule has 3 rings (SSSR count). The molecule has 25 heavy (non-hydrogen) atoms. The second-order valence-electron chi connectivity index (χ2n) is 5.24. The first-order valence-corrected chi connectivity index (χ1v) is 7.96. The lowest BCUT2D eigenvalue weighted by molar-refractivity contribution is 0.102.